The number of allylic oxidation sites excluding steroid dienone is 1. The number of nitrogens with zero attached hydrogens (tertiary/aromatic N) is 1. The maximum Gasteiger partial charge on any atom is 0.231 e. The lowest BCUT2D eigenvalue weighted by molar-refractivity contribution is -0.132. The summed E-state index contributed by atoms with van der Waals surface area (Å²) in [6.07, 6.45) is 12.4. The molecule has 4 aliphatic rings. The number of fused-ring (bicyclic) bond motifs is 1. The molecule has 0 bridgehead atoms. The predicted octanol–water partition coefficient (Wildman–Crippen LogP) is 3.98. The van der Waals surface area contributed by atoms with Crippen LogP contribution in [0, 0.1) is 11.3 Å². The number of benzene rings is 1. The van der Waals surface area contributed by atoms with Crippen LogP contribution in [0.2, 0.25) is 0 Å². The summed E-state index contributed by atoms with van der Waals surface area (Å²) in [5.74, 6) is 2.12. The average molecular weight is 439 g/mol. The SMILES string of the molecule is O=C(NCCC1=CCCCC1)[C@@H]1CC12CCN(C(=O)CCc1ccc3c(c1)OCO3)CC2. The standard InChI is InChI=1S/C26H34N2O4/c29-24(9-7-20-6-8-22-23(16-20)32-18-31-22)28-14-11-26(12-15-28)17-21(26)25(30)27-13-10-19-4-2-1-3-5-19/h4,6,8,16,21H,1-3,5,7,9-15,17-18H2,(H,27,30)/t21-/m0/s1. The molecule has 2 heterocycles. The van der Waals surface area contributed by atoms with Crippen molar-refractivity contribution in [2.45, 2.75) is 64.2 Å². The zero-order valence-corrected chi connectivity index (χ0v) is 18.9. The Morgan fingerprint density at radius 3 is 2.75 bits per heavy atom. The fraction of sp³-hybridized carbons (Fsp3) is 0.615. The maximum atomic E-state index is 12.7. The molecule has 2 fully saturated rings. The van der Waals surface area contributed by atoms with E-state index < -0.39 is 0 Å². The van der Waals surface area contributed by atoms with Crippen molar-refractivity contribution in [1.29, 1.82) is 0 Å². The fourth-order valence-corrected chi connectivity index (χ4v) is 5.58. The summed E-state index contributed by atoms with van der Waals surface area (Å²) in [7, 11) is 0. The van der Waals surface area contributed by atoms with Gasteiger partial charge in [0.25, 0.3) is 0 Å². The van der Waals surface area contributed by atoms with Gasteiger partial charge in [0, 0.05) is 32.0 Å². The number of nitrogens with one attached hydrogen (secondary N) is 1. The molecule has 1 aromatic rings. The van der Waals surface area contributed by atoms with Gasteiger partial charge >= 0.3 is 0 Å². The highest BCUT2D eigenvalue weighted by Crippen LogP contribution is 2.59. The van der Waals surface area contributed by atoms with Crippen LogP contribution in [0.25, 0.3) is 0 Å². The molecule has 1 atom stereocenters. The third-order valence-corrected chi connectivity index (χ3v) is 7.81. The van der Waals surface area contributed by atoms with Crippen molar-refractivity contribution in [3.63, 3.8) is 0 Å². The summed E-state index contributed by atoms with van der Waals surface area (Å²) in [5.41, 5.74) is 2.75. The molecular weight excluding hydrogens is 404 g/mol. The van der Waals surface area contributed by atoms with Gasteiger partial charge in [-0.05, 0) is 80.9 Å². The number of hydrogen-bond donors (Lipinski definition) is 1. The number of carbonyl (C=O) groups is 2. The minimum atomic E-state index is 0.141. The highest BCUT2D eigenvalue weighted by Gasteiger charge is 2.58. The monoisotopic (exact) mass is 438 g/mol. The van der Waals surface area contributed by atoms with Crippen LogP contribution in [0.4, 0.5) is 0 Å². The number of likely N-dealkylation sites (tertiary alicyclic amines) is 1. The number of carbonyl (C=O) groups excluding carboxylic acids is 2. The second kappa shape index (κ2) is 9.16. The van der Waals surface area contributed by atoms with Crippen LogP contribution >= 0.6 is 0 Å². The first kappa shape index (κ1) is 21.4. The summed E-state index contributed by atoms with van der Waals surface area (Å²) < 4.78 is 10.8. The molecule has 2 amide bonds. The molecule has 172 valence electrons. The Balaban J connectivity index is 1.03. The first-order chi connectivity index (χ1) is 15.6. The maximum absolute atomic E-state index is 12.7. The highest BCUT2D eigenvalue weighted by atomic mass is 16.7. The number of hydrogen-bond acceptors (Lipinski definition) is 4. The Bertz CT molecular complexity index is 901. The molecule has 0 unspecified atom stereocenters. The number of ether oxygens (including phenoxy) is 2. The Kier molecular flexibility index (Phi) is 6.11. The van der Waals surface area contributed by atoms with Gasteiger partial charge in [-0.25, -0.2) is 0 Å². The molecule has 5 rings (SSSR count). The molecular formula is C26H34N2O4. The summed E-state index contributed by atoms with van der Waals surface area (Å²) >= 11 is 0. The van der Waals surface area contributed by atoms with Crippen molar-refractivity contribution < 1.29 is 19.1 Å². The van der Waals surface area contributed by atoms with Gasteiger partial charge in [0.1, 0.15) is 0 Å². The zero-order chi connectivity index (χ0) is 22.0. The van der Waals surface area contributed by atoms with Crippen LogP contribution < -0.4 is 14.8 Å². The molecule has 1 saturated heterocycles. The summed E-state index contributed by atoms with van der Waals surface area (Å²) in [6.45, 7) is 2.58. The minimum Gasteiger partial charge on any atom is -0.454 e. The largest absolute Gasteiger partial charge is 0.454 e. The second-order valence-electron chi connectivity index (χ2n) is 9.84. The first-order valence-corrected chi connectivity index (χ1v) is 12.2. The first-order valence-electron chi connectivity index (χ1n) is 12.2. The topological polar surface area (TPSA) is 67.9 Å². The molecule has 2 aliphatic heterocycles. The molecule has 6 heteroatoms. The van der Waals surface area contributed by atoms with Crippen molar-refractivity contribution in [1.82, 2.24) is 10.2 Å². The molecule has 6 nitrogen and oxygen atoms in total. The van der Waals surface area contributed by atoms with Gasteiger partial charge in [-0.15, -0.1) is 0 Å². The Hall–Kier alpha value is -2.50. The smallest absolute Gasteiger partial charge is 0.231 e. The number of piperidine rings is 1. The minimum absolute atomic E-state index is 0.141. The van der Waals surface area contributed by atoms with Crippen LogP contribution in [-0.4, -0.2) is 43.1 Å². The van der Waals surface area contributed by atoms with E-state index in [1.165, 1.54) is 31.3 Å². The van der Waals surface area contributed by atoms with Crippen molar-refractivity contribution >= 4 is 11.8 Å². The van der Waals surface area contributed by atoms with Crippen molar-refractivity contribution in [2.24, 2.45) is 11.3 Å². The predicted molar refractivity (Wildman–Crippen MR) is 121 cm³/mol. The van der Waals surface area contributed by atoms with Crippen LogP contribution in [0.15, 0.2) is 29.8 Å². The third kappa shape index (κ3) is 4.64. The molecule has 1 N–H and O–H groups in total. The van der Waals surface area contributed by atoms with E-state index in [4.69, 9.17) is 9.47 Å². The van der Waals surface area contributed by atoms with Gasteiger partial charge in [-0.2, -0.15) is 0 Å². The molecule has 0 aromatic heterocycles. The molecule has 32 heavy (non-hydrogen) atoms. The average Bonchev–Trinajstić information content (AvgIpc) is 3.31. The van der Waals surface area contributed by atoms with Crippen LogP contribution in [-0.2, 0) is 16.0 Å². The molecule has 0 radical (unpaired) electrons. The lowest BCUT2D eigenvalue weighted by Crippen LogP contribution is -2.40. The second-order valence-corrected chi connectivity index (χ2v) is 9.84. The lowest BCUT2D eigenvalue weighted by atomic mass is 9.90. The van der Waals surface area contributed by atoms with E-state index in [0.29, 0.717) is 12.8 Å². The van der Waals surface area contributed by atoms with Crippen LogP contribution in [0.1, 0.15) is 63.4 Å². The van der Waals surface area contributed by atoms with Crippen LogP contribution in [0.5, 0.6) is 11.5 Å². The Morgan fingerprint density at radius 1 is 1.09 bits per heavy atom. The zero-order valence-electron chi connectivity index (χ0n) is 18.9. The number of rotatable bonds is 7. The van der Waals surface area contributed by atoms with Gasteiger partial charge in [0.15, 0.2) is 11.5 Å². The number of amides is 2. The molecule has 2 aliphatic carbocycles. The molecule has 1 saturated carbocycles. The van der Waals surface area contributed by atoms with E-state index in [-0.39, 0.29) is 29.9 Å². The third-order valence-electron chi connectivity index (χ3n) is 7.81. The van der Waals surface area contributed by atoms with Gasteiger partial charge < -0.3 is 19.7 Å². The number of aryl methyl sites for hydroxylation is 1. The summed E-state index contributed by atoms with van der Waals surface area (Å²) in [4.78, 5) is 27.4. The van der Waals surface area contributed by atoms with Crippen molar-refractivity contribution in [3.8, 4) is 11.5 Å². The normalized spacial score (nSPS) is 23.1. The summed E-state index contributed by atoms with van der Waals surface area (Å²) in [5, 5.41) is 3.17. The van der Waals surface area contributed by atoms with Gasteiger partial charge in [0.05, 0.1) is 0 Å². The van der Waals surface area contributed by atoms with E-state index in [2.05, 4.69) is 11.4 Å². The van der Waals surface area contributed by atoms with E-state index in [1.807, 2.05) is 23.1 Å². The van der Waals surface area contributed by atoms with E-state index >= 15 is 0 Å². The lowest BCUT2D eigenvalue weighted by Gasteiger charge is -2.33. The van der Waals surface area contributed by atoms with E-state index in [1.54, 1.807) is 0 Å². The Morgan fingerprint density at radius 2 is 1.94 bits per heavy atom. The van der Waals surface area contributed by atoms with Crippen LogP contribution in [0.3, 0.4) is 0 Å². The highest BCUT2D eigenvalue weighted by molar-refractivity contribution is 5.83. The molecule has 1 aromatic carbocycles. The van der Waals surface area contributed by atoms with Gasteiger partial charge in [-0.3, -0.25) is 9.59 Å². The van der Waals surface area contributed by atoms with Crippen molar-refractivity contribution in [3.05, 3.63) is 35.4 Å². The van der Waals surface area contributed by atoms with E-state index in [9.17, 15) is 9.59 Å². The summed E-state index contributed by atoms with van der Waals surface area (Å²) in [6, 6.07) is 5.89. The Labute approximate surface area is 190 Å². The van der Waals surface area contributed by atoms with E-state index in [0.717, 1.165) is 62.4 Å². The molecule has 1 spiro atoms. The van der Waals surface area contributed by atoms with Crippen molar-refractivity contribution in [2.75, 3.05) is 26.4 Å². The van der Waals surface area contributed by atoms with Gasteiger partial charge in [-0.1, -0.05) is 17.7 Å². The van der Waals surface area contributed by atoms with Gasteiger partial charge in [0.2, 0.25) is 18.6 Å². The fourth-order valence-electron chi connectivity index (χ4n) is 5.58. The quantitative estimate of drug-likeness (QED) is 0.654.